The van der Waals surface area contributed by atoms with Gasteiger partial charge < -0.3 is 4.57 Å². The summed E-state index contributed by atoms with van der Waals surface area (Å²) in [5.41, 5.74) is 20.6. The molecule has 0 saturated heterocycles. The smallest absolute Gasteiger partial charge is 0.145 e. The summed E-state index contributed by atoms with van der Waals surface area (Å²) in [6.45, 7) is 0. The predicted octanol–water partition coefficient (Wildman–Crippen LogP) is 13.9. The van der Waals surface area contributed by atoms with Gasteiger partial charge in [0.15, 0.2) is 0 Å². The summed E-state index contributed by atoms with van der Waals surface area (Å²) in [4.78, 5) is 5.25. The van der Waals surface area contributed by atoms with Crippen LogP contribution in [0, 0.1) is 0 Å². The number of rotatable bonds is 4. The highest BCUT2D eigenvalue weighted by atomic mass is 15.1. The lowest BCUT2D eigenvalue weighted by Crippen LogP contribution is -2.34. The minimum absolute atomic E-state index is 0.522. The molecular formula is C56H37N3. The van der Waals surface area contributed by atoms with Gasteiger partial charge in [-0.25, -0.2) is 4.98 Å². The highest BCUT2D eigenvalue weighted by molar-refractivity contribution is 6.13. The molecule has 8 aromatic carbocycles. The van der Waals surface area contributed by atoms with Crippen LogP contribution in [0.3, 0.4) is 0 Å². The topological polar surface area (TPSA) is 22.8 Å². The summed E-state index contributed by atoms with van der Waals surface area (Å²) in [6, 6.07) is 67.6. The number of aromatic nitrogens is 3. The third-order valence-electron chi connectivity index (χ3n) is 13.2. The molecule has 13 rings (SSSR count). The number of imidazole rings is 1. The average Bonchev–Trinajstić information content (AvgIpc) is 3.96. The molecule has 3 heterocycles. The highest BCUT2D eigenvalue weighted by Gasteiger charge is 2.51. The largest absolute Gasteiger partial charge is 0.309 e. The van der Waals surface area contributed by atoms with Crippen LogP contribution in [0.15, 0.2) is 200 Å². The summed E-state index contributed by atoms with van der Waals surface area (Å²) in [7, 11) is 0. The third-order valence-corrected chi connectivity index (χ3v) is 13.2. The Bertz CT molecular complexity index is 3430. The van der Waals surface area contributed by atoms with E-state index in [-0.39, 0.29) is 0 Å². The maximum atomic E-state index is 5.25. The Morgan fingerprint density at radius 3 is 2.00 bits per heavy atom. The lowest BCUT2D eigenvalue weighted by molar-refractivity contribution is 0.750. The van der Waals surface area contributed by atoms with E-state index < -0.39 is 5.41 Å². The molecular weight excluding hydrogens is 715 g/mol. The van der Waals surface area contributed by atoms with Crippen molar-refractivity contribution in [2.45, 2.75) is 18.3 Å². The maximum Gasteiger partial charge on any atom is 0.145 e. The van der Waals surface area contributed by atoms with E-state index in [0.717, 1.165) is 41.0 Å². The summed E-state index contributed by atoms with van der Waals surface area (Å²) in [5, 5.41) is 2.58. The van der Waals surface area contributed by atoms with Gasteiger partial charge in [0.25, 0.3) is 0 Å². The van der Waals surface area contributed by atoms with Crippen molar-refractivity contribution in [1.29, 1.82) is 0 Å². The van der Waals surface area contributed by atoms with Gasteiger partial charge in [0, 0.05) is 22.0 Å². The zero-order chi connectivity index (χ0) is 38.7. The Hall–Kier alpha value is -7.49. The molecule has 1 unspecified atom stereocenters. The summed E-state index contributed by atoms with van der Waals surface area (Å²) < 4.78 is 4.83. The van der Waals surface area contributed by atoms with Gasteiger partial charge in [0.2, 0.25) is 0 Å². The number of nitrogens with zero attached hydrogens (tertiary/aromatic N) is 3. The molecule has 2 aromatic heterocycles. The minimum Gasteiger partial charge on any atom is -0.309 e. The second kappa shape index (κ2) is 12.3. The minimum atomic E-state index is -0.522. The van der Waals surface area contributed by atoms with Crippen LogP contribution in [0.1, 0.15) is 40.7 Å². The van der Waals surface area contributed by atoms with E-state index in [9.17, 15) is 0 Å². The van der Waals surface area contributed by atoms with Crippen molar-refractivity contribution in [3.8, 4) is 45.0 Å². The molecule has 59 heavy (non-hydrogen) atoms. The number of fused-ring (bicyclic) bond motifs is 13. The normalized spacial score (nSPS) is 16.1. The molecule has 1 aliphatic heterocycles. The molecule has 0 saturated carbocycles. The van der Waals surface area contributed by atoms with E-state index in [1.54, 1.807) is 0 Å². The van der Waals surface area contributed by atoms with Crippen molar-refractivity contribution in [3.63, 3.8) is 0 Å². The molecule has 3 aliphatic rings. The van der Waals surface area contributed by atoms with Crippen molar-refractivity contribution >= 4 is 38.4 Å². The van der Waals surface area contributed by atoms with E-state index in [0.29, 0.717) is 0 Å². The molecule has 3 nitrogen and oxygen atoms in total. The standard InChI is InChI=1S/C56H37N3/c1-2-14-36(15-3-1)37-32-34-40(35-33-37)58-52-27-11-8-24-49(52)57-55(58)39-30-28-38(29-31-39)41-18-12-19-44-42-16-4-6-21-46(42)56(53(41)44)47-22-7-10-26-51(47)59-50-25-9-5-17-43(50)45-20-13-23-48(56)54(45)59/h1-2,4-14,16-35H,3,15H2. The number of para-hydroxylation sites is 5. The number of allylic oxidation sites excluding steroid dienone is 4. The number of hydrogen-bond donors (Lipinski definition) is 0. The fraction of sp³-hybridized carbons (Fsp3) is 0.0536. The van der Waals surface area contributed by atoms with Crippen LogP contribution in [-0.4, -0.2) is 14.1 Å². The second-order valence-electron chi connectivity index (χ2n) is 16.1. The molecule has 1 spiro atoms. The molecule has 1 atom stereocenters. The summed E-state index contributed by atoms with van der Waals surface area (Å²) in [5.74, 6) is 0.938. The van der Waals surface area contributed by atoms with Crippen LogP contribution < -0.4 is 0 Å². The molecule has 10 aromatic rings. The molecule has 2 aliphatic carbocycles. The number of hydrogen-bond acceptors (Lipinski definition) is 1. The van der Waals surface area contributed by atoms with E-state index in [2.05, 4.69) is 209 Å². The second-order valence-corrected chi connectivity index (χ2v) is 16.1. The van der Waals surface area contributed by atoms with Crippen LogP contribution in [0.2, 0.25) is 0 Å². The Kier molecular flexibility index (Phi) is 6.77. The quantitative estimate of drug-likeness (QED) is 0.176. The zero-order valence-corrected chi connectivity index (χ0v) is 32.3. The lowest BCUT2D eigenvalue weighted by Gasteiger charge is -2.40. The summed E-state index contributed by atoms with van der Waals surface area (Å²) >= 11 is 0. The van der Waals surface area contributed by atoms with E-state index >= 15 is 0 Å². The van der Waals surface area contributed by atoms with Gasteiger partial charge in [-0.3, -0.25) is 4.57 Å². The van der Waals surface area contributed by atoms with Gasteiger partial charge in [-0.2, -0.15) is 0 Å². The molecule has 3 heteroatoms. The molecule has 0 amide bonds. The van der Waals surface area contributed by atoms with Crippen LogP contribution in [0.4, 0.5) is 0 Å². The van der Waals surface area contributed by atoms with Gasteiger partial charge >= 0.3 is 0 Å². The fourth-order valence-electron chi connectivity index (χ4n) is 10.8. The monoisotopic (exact) mass is 751 g/mol. The Morgan fingerprint density at radius 2 is 1.14 bits per heavy atom. The lowest BCUT2D eigenvalue weighted by atomic mass is 9.64. The Balaban J connectivity index is 1.01. The van der Waals surface area contributed by atoms with Crippen molar-refractivity contribution in [2.75, 3.05) is 0 Å². The van der Waals surface area contributed by atoms with E-state index in [1.807, 2.05) is 0 Å². The van der Waals surface area contributed by atoms with Gasteiger partial charge in [0.1, 0.15) is 5.82 Å². The van der Waals surface area contributed by atoms with E-state index in [1.165, 1.54) is 83.1 Å². The zero-order valence-electron chi connectivity index (χ0n) is 32.3. The van der Waals surface area contributed by atoms with Crippen LogP contribution >= 0.6 is 0 Å². The van der Waals surface area contributed by atoms with Gasteiger partial charge in [-0.15, -0.1) is 0 Å². The van der Waals surface area contributed by atoms with Crippen molar-refractivity contribution in [1.82, 2.24) is 14.1 Å². The van der Waals surface area contributed by atoms with Crippen LogP contribution in [0.5, 0.6) is 0 Å². The van der Waals surface area contributed by atoms with Crippen LogP contribution in [-0.2, 0) is 5.41 Å². The maximum absolute atomic E-state index is 5.25. The first-order valence-electron chi connectivity index (χ1n) is 20.7. The SMILES string of the molecule is C1=CCCC(c2ccc(-n3c(-c4ccc(-c5cccc6c5C5(c7ccccc7-6)c6ccccc6-n6c7ccccc7c7cccc5c76)cc4)nc4ccccc43)cc2)=C1. The molecule has 0 fully saturated rings. The predicted molar refractivity (Wildman–Crippen MR) is 243 cm³/mol. The highest BCUT2D eigenvalue weighted by Crippen LogP contribution is 2.62. The van der Waals surface area contributed by atoms with Crippen molar-refractivity contribution in [3.05, 3.63) is 228 Å². The Morgan fingerprint density at radius 1 is 0.475 bits per heavy atom. The first kappa shape index (κ1) is 32.6. The molecule has 0 N–H and O–H groups in total. The average molecular weight is 752 g/mol. The molecule has 0 bridgehead atoms. The Labute approximate surface area is 342 Å². The molecule has 0 radical (unpaired) electrons. The number of benzene rings is 8. The first-order chi connectivity index (χ1) is 29.3. The van der Waals surface area contributed by atoms with Gasteiger partial charge in [0.05, 0.1) is 33.2 Å². The first-order valence-corrected chi connectivity index (χ1v) is 20.7. The van der Waals surface area contributed by atoms with Crippen LogP contribution in [0.25, 0.3) is 83.4 Å². The summed E-state index contributed by atoms with van der Waals surface area (Å²) in [6.07, 6.45) is 8.83. The van der Waals surface area contributed by atoms with E-state index in [4.69, 9.17) is 4.98 Å². The van der Waals surface area contributed by atoms with Gasteiger partial charge in [-0.1, -0.05) is 164 Å². The molecule has 276 valence electrons. The fourth-order valence-corrected chi connectivity index (χ4v) is 10.8. The van der Waals surface area contributed by atoms with Gasteiger partial charge in [-0.05, 0) is 105 Å². The third kappa shape index (κ3) is 4.39. The van der Waals surface area contributed by atoms with Crippen molar-refractivity contribution in [2.24, 2.45) is 0 Å². The van der Waals surface area contributed by atoms with Crippen molar-refractivity contribution < 1.29 is 0 Å².